The van der Waals surface area contributed by atoms with Crippen LogP contribution in [0, 0.1) is 0 Å². The number of hydrogen-bond donors (Lipinski definition) is 0. The number of benzene rings is 2. The summed E-state index contributed by atoms with van der Waals surface area (Å²) < 4.78 is 40.1. The summed E-state index contributed by atoms with van der Waals surface area (Å²) >= 11 is 7.44. The molecule has 2 heterocycles. The number of halogens is 4. The monoisotopic (exact) mass is 447 g/mol. The molecule has 30 heavy (non-hydrogen) atoms. The number of nitrogens with zero attached hydrogens (tertiary/aromatic N) is 3. The van der Waals surface area contributed by atoms with E-state index >= 15 is 0 Å². The molecule has 0 fully saturated rings. The van der Waals surface area contributed by atoms with Crippen molar-refractivity contribution in [3.8, 4) is 0 Å². The van der Waals surface area contributed by atoms with Gasteiger partial charge in [0, 0.05) is 11.8 Å². The summed E-state index contributed by atoms with van der Waals surface area (Å²) in [6.45, 7) is 0.0490. The van der Waals surface area contributed by atoms with E-state index < -0.39 is 17.6 Å². The maximum atomic E-state index is 13.3. The van der Waals surface area contributed by atoms with E-state index in [1.165, 1.54) is 28.4 Å². The average molecular weight is 448 g/mol. The van der Waals surface area contributed by atoms with Crippen LogP contribution in [0.4, 0.5) is 18.3 Å². The Balaban J connectivity index is 1.78. The van der Waals surface area contributed by atoms with Crippen LogP contribution in [0.5, 0.6) is 0 Å². The number of rotatable bonds is 4. The lowest BCUT2D eigenvalue weighted by atomic mass is 10.1. The molecule has 4 rings (SSSR count). The zero-order valence-corrected chi connectivity index (χ0v) is 16.8. The molecular formula is C21H13ClF3N3OS. The van der Waals surface area contributed by atoms with Gasteiger partial charge in [-0.15, -0.1) is 0 Å². The number of carbonyl (C=O) groups is 1. The van der Waals surface area contributed by atoms with Crippen molar-refractivity contribution < 1.29 is 18.0 Å². The molecule has 0 aliphatic carbocycles. The van der Waals surface area contributed by atoms with Crippen molar-refractivity contribution in [1.82, 2.24) is 9.97 Å². The third-order valence-electron chi connectivity index (χ3n) is 4.32. The summed E-state index contributed by atoms with van der Waals surface area (Å²) in [7, 11) is 0. The van der Waals surface area contributed by atoms with Crippen LogP contribution in [0.15, 0.2) is 66.9 Å². The predicted molar refractivity (Wildman–Crippen MR) is 111 cm³/mol. The standard InChI is InChI=1S/C21H13ClF3N3OS/c22-16-8-4-9-17-18(16)27-20(30-17)28(12-15-7-1-2-10-26-15)19(29)13-5-3-6-14(11-13)21(23,24)25/h1-11H,12H2. The van der Waals surface area contributed by atoms with Crippen molar-refractivity contribution in [2.24, 2.45) is 0 Å². The summed E-state index contributed by atoms with van der Waals surface area (Å²) in [5.74, 6) is -0.609. The first-order valence-corrected chi connectivity index (χ1v) is 9.96. The van der Waals surface area contributed by atoms with Gasteiger partial charge in [-0.25, -0.2) is 4.98 Å². The van der Waals surface area contributed by atoms with Crippen LogP contribution in [0.2, 0.25) is 5.02 Å². The molecule has 152 valence electrons. The Labute approximate surface area is 178 Å². The Morgan fingerprint density at radius 1 is 1.07 bits per heavy atom. The first-order chi connectivity index (χ1) is 14.3. The molecule has 0 radical (unpaired) electrons. The van der Waals surface area contributed by atoms with Gasteiger partial charge in [-0.1, -0.05) is 41.1 Å². The number of alkyl halides is 3. The molecule has 9 heteroatoms. The number of thiazole rings is 1. The normalized spacial score (nSPS) is 11.6. The van der Waals surface area contributed by atoms with E-state index in [1.807, 2.05) is 6.07 Å². The molecule has 0 bridgehead atoms. The van der Waals surface area contributed by atoms with E-state index in [-0.39, 0.29) is 12.1 Å². The summed E-state index contributed by atoms with van der Waals surface area (Å²) in [6, 6.07) is 14.8. The number of aromatic nitrogens is 2. The minimum atomic E-state index is -4.55. The quantitative estimate of drug-likeness (QED) is 0.373. The Hall–Kier alpha value is -2.97. The number of para-hydroxylation sites is 1. The zero-order chi connectivity index (χ0) is 21.3. The lowest BCUT2D eigenvalue weighted by Crippen LogP contribution is -2.31. The van der Waals surface area contributed by atoms with Gasteiger partial charge in [0.05, 0.1) is 27.5 Å². The third-order valence-corrected chi connectivity index (χ3v) is 5.67. The highest BCUT2D eigenvalue weighted by molar-refractivity contribution is 7.22. The Morgan fingerprint density at radius 3 is 2.57 bits per heavy atom. The van der Waals surface area contributed by atoms with Gasteiger partial charge >= 0.3 is 6.18 Å². The van der Waals surface area contributed by atoms with Gasteiger partial charge in [0.2, 0.25) is 0 Å². The average Bonchev–Trinajstić information content (AvgIpc) is 3.17. The molecule has 2 aromatic carbocycles. The molecule has 0 N–H and O–H groups in total. The van der Waals surface area contributed by atoms with Crippen molar-refractivity contribution >= 4 is 44.2 Å². The molecule has 2 aromatic heterocycles. The fraction of sp³-hybridized carbons (Fsp3) is 0.0952. The second kappa shape index (κ2) is 8.04. The lowest BCUT2D eigenvalue weighted by Gasteiger charge is -2.20. The van der Waals surface area contributed by atoms with Crippen LogP contribution in [0.25, 0.3) is 10.2 Å². The van der Waals surface area contributed by atoms with Crippen molar-refractivity contribution in [3.05, 3.63) is 88.7 Å². The SMILES string of the molecule is O=C(c1cccc(C(F)(F)F)c1)N(Cc1ccccn1)c1nc2c(Cl)cccc2s1. The van der Waals surface area contributed by atoms with Crippen LogP contribution in [0.3, 0.4) is 0 Å². The summed E-state index contributed by atoms with van der Waals surface area (Å²) in [5.41, 5.74) is 0.120. The second-order valence-corrected chi connectivity index (χ2v) is 7.79. The van der Waals surface area contributed by atoms with Gasteiger partial charge in [0.25, 0.3) is 5.91 Å². The molecule has 4 aromatic rings. The minimum Gasteiger partial charge on any atom is -0.278 e. The van der Waals surface area contributed by atoms with Gasteiger partial charge in [0.1, 0.15) is 5.52 Å². The smallest absolute Gasteiger partial charge is 0.278 e. The number of anilines is 1. The van der Waals surface area contributed by atoms with E-state index in [0.717, 1.165) is 16.8 Å². The van der Waals surface area contributed by atoms with Crippen LogP contribution in [0.1, 0.15) is 21.6 Å². The Bertz CT molecular complexity index is 1210. The highest BCUT2D eigenvalue weighted by Crippen LogP contribution is 2.35. The highest BCUT2D eigenvalue weighted by atomic mass is 35.5. The second-order valence-electron chi connectivity index (χ2n) is 6.37. The fourth-order valence-corrected chi connectivity index (χ4v) is 4.15. The molecule has 0 aliphatic rings. The van der Waals surface area contributed by atoms with Crippen molar-refractivity contribution in [2.75, 3.05) is 4.90 Å². The highest BCUT2D eigenvalue weighted by Gasteiger charge is 2.32. The summed E-state index contributed by atoms with van der Waals surface area (Å²) in [4.78, 5) is 23.3. The summed E-state index contributed by atoms with van der Waals surface area (Å²) in [5, 5.41) is 0.755. The molecule has 0 atom stereocenters. The molecule has 0 saturated carbocycles. The zero-order valence-electron chi connectivity index (χ0n) is 15.2. The Morgan fingerprint density at radius 2 is 1.87 bits per heavy atom. The maximum Gasteiger partial charge on any atom is 0.416 e. The van der Waals surface area contributed by atoms with E-state index in [9.17, 15) is 18.0 Å². The molecule has 0 saturated heterocycles. The van der Waals surface area contributed by atoms with E-state index in [4.69, 9.17) is 11.6 Å². The van der Waals surface area contributed by atoms with Gasteiger partial charge in [-0.3, -0.25) is 14.7 Å². The van der Waals surface area contributed by atoms with Crippen molar-refractivity contribution in [2.45, 2.75) is 12.7 Å². The van der Waals surface area contributed by atoms with Gasteiger partial charge in [-0.2, -0.15) is 13.2 Å². The number of hydrogen-bond acceptors (Lipinski definition) is 4. The molecular weight excluding hydrogens is 435 g/mol. The number of carbonyl (C=O) groups excluding carboxylic acids is 1. The number of amides is 1. The lowest BCUT2D eigenvalue weighted by molar-refractivity contribution is -0.137. The molecule has 0 spiro atoms. The first kappa shape index (κ1) is 20.3. The fourth-order valence-electron chi connectivity index (χ4n) is 2.88. The van der Waals surface area contributed by atoms with Gasteiger partial charge in [0.15, 0.2) is 5.13 Å². The van der Waals surface area contributed by atoms with Crippen LogP contribution in [-0.4, -0.2) is 15.9 Å². The summed E-state index contributed by atoms with van der Waals surface area (Å²) in [6.07, 6.45) is -2.97. The van der Waals surface area contributed by atoms with E-state index in [2.05, 4.69) is 9.97 Å². The predicted octanol–water partition coefficient (Wildman–Crippen LogP) is 6.21. The van der Waals surface area contributed by atoms with Gasteiger partial charge in [-0.05, 0) is 42.5 Å². The number of pyridine rings is 1. The first-order valence-electron chi connectivity index (χ1n) is 8.77. The molecule has 0 aliphatic heterocycles. The van der Waals surface area contributed by atoms with Gasteiger partial charge < -0.3 is 0 Å². The molecule has 4 nitrogen and oxygen atoms in total. The van der Waals surface area contributed by atoms with Crippen molar-refractivity contribution in [3.63, 3.8) is 0 Å². The largest absolute Gasteiger partial charge is 0.416 e. The molecule has 1 amide bonds. The minimum absolute atomic E-state index is 0.0490. The molecule has 0 unspecified atom stereocenters. The number of fused-ring (bicyclic) bond motifs is 1. The van der Waals surface area contributed by atoms with E-state index in [1.54, 1.807) is 36.5 Å². The van der Waals surface area contributed by atoms with Crippen LogP contribution < -0.4 is 4.90 Å². The third kappa shape index (κ3) is 4.15. The van der Waals surface area contributed by atoms with E-state index in [0.29, 0.717) is 21.4 Å². The Kier molecular flexibility index (Phi) is 5.44. The van der Waals surface area contributed by atoms with Crippen LogP contribution >= 0.6 is 22.9 Å². The van der Waals surface area contributed by atoms with Crippen molar-refractivity contribution in [1.29, 1.82) is 0 Å². The topological polar surface area (TPSA) is 46.1 Å². The maximum absolute atomic E-state index is 13.3. The van der Waals surface area contributed by atoms with Crippen LogP contribution in [-0.2, 0) is 12.7 Å².